The van der Waals surface area contributed by atoms with Crippen molar-refractivity contribution in [2.45, 2.75) is 39.0 Å². The van der Waals surface area contributed by atoms with Gasteiger partial charge in [0.25, 0.3) is 0 Å². The lowest BCUT2D eigenvalue weighted by atomic mass is 10.00. The fraction of sp³-hybridized carbons (Fsp3) is 0.206. The summed E-state index contributed by atoms with van der Waals surface area (Å²) in [6, 6.07) is 10.8. The summed E-state index contributed by atoms with van der Waals surface area (Å²) in [6.07, 6.45) is 21.9. The van der Waals surface area contributed by atoms with Crippen LogP contribution in [0.25, 0.3) is 16.7 Å². The van der Waals surface area contributed by atoms with Crippen LogP contribution < -0.4 is 11.1 Å². The number of rotatable bonds is 9. The maximum Gasteiger partial charge on any atom is 0.133 e. The van der Waals surface area contributed by atoms with E-state index in [9.17, 15) is 0 Å². The van der Waals surface area contributed by atoms with Crippen LogP contribution in [0.4, 0.5) is 15.8 Å². The van der Waals surface area contributed by atoms with Crippen LogP contribution in [0.15, 0.2) is 86.0 Å². The third kappa shape index (κ3) is 6.79. The van der Waals surface area contributed by atoms with Gasteiger partial charge in [0, 0.05) is 52.6 Å². The van der Waals surface area contributed by atoms with Crippen LogP contribution in [0.2, 0.25) is 0 Å². The van der Waals surface area contributed by atoms with Crippen molar-refractivity contribution in [3.05, 3.63) is 120 Å². The monoisotopic (exact) mass is 546 g/mol. The maximum atomic E-state index is 15.1. The smallest absolute Gasteiger partial charge is 0.133 e. The number of aryl methyl sites for hydroxylation is 1. The molecule has 0 bridgehead atoms. The van der Waals surface area contributed by atoms with Gasteiger partial charge in [-0.2, -0.15) is 0 Å². The van der Waals surface area contributed by atoms with E-state index in [0.29, 0.717) is 29.2 Å². The minimum absolute atomic E-state index is 0.371. The van der Waals surface area contributed by atoms with Crippen molar-refractivity contribution in [3.8, 4) is 24.0 Å². The Balaban J connectivity index is 0.00000189. The second-order valence-electron chi connectivity index (χ2n) is 9.99. The van der Waals surface area contributed by atoms with E-state index in [0.717, 1.165) is 58.3 Å². The number of hydrogen-bond acceptors (Lipinski definition) is 5. The molecule has 4 aromatic rings. The highest BCUT2D eigenvalue weighted by Crippen LogP contribution is 2.33. The lowest BCUT2D eigenvalue weighted by molar-refractivity contribution is 0.631. The lowest BCUT2D eigenvalue weighted by Crippen LogP contribution is -2.07. The summed E-state index contributed by atoms with van der Waals surface area (Å²) in [5.74, 6) is 0.793. The van der Waals surface area contributed by atoms with Crippen molar-refractivity contribution < 1.29 is 4.39 Å². The van der Waals surface area contributed by atoms with Gasteiger partial charge < -0.3 is 16.0 Å². The predicted molar refractivity (Wildman–Crippen MR) is 166 cm³/mol. The normalized spacial score (nSPS) is 13.3. The van der Waals surface area contributed by atoms with Crippen LogP contribution in [0.3, 0.4) is 0 Å². The van der Waals surface area contributed by atoms with E-state index in [-0.39, 0.29) is 0 Å². The van der Waals surface area contributed by atoms with Gasteiger partial charge in [0.1, 0.15) is 11.6 Å². The van der Waals surface area contributed by atoms with Gasteiger partial charge in [-0.15, -0.1) is 12.8 Å². The van der Waals surface area contributed by atoms with Gasteiger partial charge in [0.15, 0.2) is 0 Å². The summed E-state index contributed by atoms with van der Waals surface area (Å²) < 4.78 is 15.1. The first-order valence-corrected chi connectivity index (χ1v) is 13.6. The van der Waals surface area contributed by atoms with Crippen molar-refractivity contribution in [3.63, 3.8) is 0 Å². The SMILES string of the molecule is C#C.C=C/C=C(/c1ccccn1)c1nc(Cc2cc(-c3cncc(NC(=C)C4CCCC4)c3)c(F)cc2N)[nH]c1C. The molecule has 1 aliphatic carbocycles. The Bertz CT molecular complexity index is 1580. The number of benzene rings is 1. The number of aromatic nitrogens is 4. The molecule has 5 rings (SSSR count). The number of allylic oxidation sites excluding steroid dienone is 3. The molecule has 1 saturated carbocycles. The molecular formula is C34H35FN6. The lowest BCUT2D eigenvalue weighted by Gasteiger charge is -2.16. The zero-order valence-corrected chi connectivity index (χ0v) is 23.3. The molecule has 208 valence electrons. The number of nitrogens with one attached hydrogen (secondary N) is 2. The number of pyridine rings is 2. The van der Waals surface area contributed by atoms with Crippen LogP contribution in [0.1, 0.15) is 54.2 Å². The summed E-state index contributed by atoms with van der Waals surface area (Å²) in [6.45, 7) is 10.0. The number of H-pyrrole nitrogens is 1. The van der Waals surface area contributed by atoms with E-state index in [1.54, 1.807) is 30.7 Å². The first kappa shape index (κ1) is 29.0. The second-order valence-corrected chi connectivity index (χ2v) is 9.99. The average Bonchev–Trinajstić information content (AvgIpc) is 3.65. The van der Waals surface area contributed by atoms with E-state index in [2.05, 4.69) is 46.3 Å². The second kappa shape index (κ2) is 13.4. The highest BCUT2D eigenvalue weighted by atomic mass is 19.1. The molecule has 7 heteroatoms. The Hall–Kier alpha value is -4.96. The molecule has 1 aromatic carbocycles. The molecule has 0 radical (unpaired) electrons. The highest BCUT2D eigenvalue weighted by Gasteiger charge is 2.19. The average molecular weight is 547 g/mol. The maximum absolute atomic E-state index is 15.1. The zero-order valence-electron chi connectivity index (χ0n) is 23.3. The van der Waals surface area contributed by atoms with Crippen LogP contribution in [0, 0.1) is 31.5 Å². The van der Waals surface area contributed by atoms with E-state index in [1.165, 1.54) is 18.9 Å². The molecule has 0 unspecified atom stereocenters. The van der Waals surface area contributed by atoms with Gasteiger partial charge in [0.2, 0.25) is 0 Å². The summed E-state index contributed by atoms with van der Waals surface area (Å²) >= 11 is 0. The van der Waals surface area contributed by atoms with Crippen molar-refractivity contribution >= 4 is 16.9 Å². The highest BCUT2D eigenvalue weighted by molar-refractivity contribution is 5.78. The third-order valence-corrected chi connectivity index (χ3v) is 7.20. The molecular weight excluding hydrogens is 511 g/mol. The molecule has 3 heterocycles. The van der Waals surface area contributed by atoms with Gasteiger partial charge in [0.05, 0.1) is 23.3 Å². The standard InChI is InChI=1S/C32H33FN6.C2H2/c1-4-9-26(30-12-7-8-13-36-30)32-21(3)38-31(39-32)16-23-15-27(28(33)17-29(23)34)24-14-25(19-35-18-24)37-20(2)22-10-5-6-11-22;1-2/h4,7-9,12-15,17-19,22,37H,1-2,5-6,10-11,16,34H2,3H3,(H,38,39);1-2H/b26-9-;. The zero-order chi connectivity index (χ0) is 29.4. The fourth-order valence-electron chi connectivity index (χ4n) is 5.20. The first-order valence-electron chi connectivity index (χ1n) is 13.6. The van der Waals surface area contributed by atoms with Crippen LogP contribution >= 0.6 is 0 Å². The Morgan fingerprint density at radius 1 is 1.20 bits per heavy atom. The minimum atomic E-state index is -0.396. The largest absolute Gasteiger partial charge is 0.398 e. The number of anilines is 2. The Morgan fingerprint density at radius 2 is 1.98 bits per heavy atom. The molecule has 0 amide bonds. The molecule has 0 atom stereocenters. The molecule has 0 spiro atoms. The third-order valence-electron chi connectivity index (χ3n) is 7.20. The van der Waals surface area contributed by atoms with E-state index < -0.39 is 5.82 Å². The fourth-order valence-corrected chi connectivity index (χ4v) is 5.20. The van der Waals surface area contributed by atoms with Crippen molar-refractivity contribution in [2.75, 3.05) is 11.1 Å². The molecule has 4 N–H and O–H groups in total. The number of imidazole rings is 1. The number of terminal acetylenes is 1. The van der Waals surface area contributed by atoms with E-state index in [1.807, 2.05) is 37.3 Å². The molecule has 41 heavy (non-hydrogen) atoms. The molecule has 0 aliphatic heterocycles. The predicted octanol–water partition coefficient (Wildman–Crippen LogP) is 7.47. The quantitative estimate of drug-likeness (QED) is 0.115. The summed E-state index contributed by atoms with van der Waals surface area (Å²) in [4.78, 5) is 17.1. The minimum Gasteiger partial charge on any atom is -0.398 e. The Morgan fingerprint density at radius 3 is 2.68 bits per heavy atom. The number of nitrogens with two attached hydrogens (primary N) is 1. The Labute approximate surface area is 241 Å². The Kier molecular flexibility index (Phi) is 9.49. The van der Waals surface area contributed by atoms with E-state index in [4.69, 9.17) is 10.7 Å². The van der Waals surface area contributed by atoms with Gasteiger partial charge in [-0.25, -0.2) is 9.37 Å². The number of halogens is 1. The topological polar surface area (TPSA) is 92.5 Å². The molecule has 6 nitrogen and oxygen atoms in total. The summed E-state index contributed by atoms with van der Waals surface area (Å²) in [5.41, 5.74) is 13.7. The van der Waals surface area contributed by atoms with Crippen LogP contribution in [-0.4, -0.2) is 19.9 Å². The molecule has 3 aromatic heterocycles. The van der Waals surface area contributed by atoms with E-state index >= 15 is 4.39 Å². The summed E-state index contributed by atoms with van der Waals surface area (Å²) in [5, 5.41) is 3.39. The number of aromatic amines is 1. The first-order chi connectivity index (χ1) is 19.9. The number of nitrogens with zero attached hydrogens (tertiary/aromatic N) is 3. The van der Waals surface area contributed by atoms with Gasteiger partial charge in [-0.05, 0) is 61.6 Å². The van der Waals surface area contributed by atoms with Gasteiger partial charge in [-0.3, -0.25) is 9.97 Å². The molecule has 0 saturated heterocycles. The van der Waals surface area contributed by atoms with Crippen molar-refractivity contribution in [2.24, 2.45) is 5.92 Å². The number of nitrogen functional groups attached to an aromatic ring is 1. The van der Waals surface area contributed by atoms with Crippen LogP contribution in [-0.2, 0) is 6.42 Å². The van der Waals surface area contributed by atoms with Crippen molar-refractivity contribution in [1.82, 2.24) is 19.9 Å². The molecule has 1 aliphatic rings. The number of hydrogen-bond donors (Lipinski definition) is 3. The van der Waals surface area contributed by atoms with Gasteiger partial charge in [-0.1, -0.05) is 44.2 Å². The van der Waals surface area contributed by atoms with Crippen molar-refractivity contribution in [1.29, 1.82) is 0 Å². The van der Waals surface area contributed by atoms with Gasteiger partial charge >= 0.3 is 0 Å². The van der Waals surface area contributed by atoms with Crippen LogP contribution in [0.5, 0.6) is 0 Å². The summed E-state index contributed by atoms with van der Waals surface area (Å²) in [7, 11) is 0. The molecule has 1 fully saturated rings.